The van der Waals surface area contributed by atoms with Gasteiger partial charge in [-0.15, -0.1) is 10.2 Å². The number of pyridine rings is 1. The Morgan fingerprint density at radius 3 is 2.94 bits per heavy atom. The Balaban J connectivity index is 2.13. The fourth-order valence-electron chi connectivity index (χ4n) is 1.77. The van der Waals surface area contributed by atoms with Gasteiger partial charge >= 0.3 is 5.97 Å². The molecular weight excluding hydrogens is 206 g/mol. The van der Waals surface area contributed by atoms with E-state index in [1.165, 1.54) is 7.11 Å². The molecule has 0 unspecified atom stereocenters. The molecule has 16 heavy (non-hydrogen) atoms. The molecule has 5 heteroatoms. The van der Waals surface area contributed by atoms with Gasteiger partial charge in [0.2, 0.25) is 0 Å². The van der Waals surface area contributed by atoms with Gasteiger partial charge in [0.1, 0.15) is 5.82 Å². The van der Waals surface area contributed by atoms with Gasteiger partial charge in [0.15, 0.2) is 5.65 Å². The topological polar surface area (TPSA) is 56.5 Å². The second kappa shape index (κ2) is 3.30. The third kappa shape index (κ3) is 1.36. The van der Waals surface area contributed by atoms with Gasteiger partial charge in [0.05, 0.1) is 12.7 Å². The summed E-state index contributed by atoms with van der Waals surface area (Å²) in [6.07, 6.45) is 4.06. The van der Waals surface area contributed by atoms with Gasteiger partial charge in [-0.1, -0.05) is 0 Å². The molecule has 0 atom stereocenters. The van der Waals surface area contributed by atoms with Gasteiger partial charge in [0, 0.05) is 12.1 Å². The molecule has 2 heterocycles. The molecule has 0 spiro atoms. The zero-order valence-electron chi connectivity index (χ0n) is 8.88. The first kappa shape index (κ1) is 9.33. The van der Waals surface area contributed by atoms with Gasteiger partial charge in [0.25, 0.3) is 0 Å². The number of rotatable bonds is 2. The van der Waals surface area contributed by atoms with Gasteiger partial charge < -0.3 is 4.74 Å². The minimum Gasteiger partial charge on any atom is -0.465 e. The van der Waals surface area contributed by atoms with E-state index < -0.39 is 0 Å². The van der Waals surface area contributed by atoms with Crippen molar-refractivity contribution in [3.8, 4) is 0 Å². The summed E-state index contributed by atoms with van der Waals surface area (Å²) in [7, 11) is 1.38. The highest BCUT2D eigenvalue weighted by Crippen LogP contribution is 2.38. The minimum absolute atomic E-state index is 0.336. The Bertz CT molecular complexity index is 557. The van der Waals surface area contributed by atoms with Gasteiger partial charge in [-0.25, -0.2) is 4.79 Å². The number of nitrogens with zero attached hydrogens (tertiary/aromatic N) is 3. The first-order valence-corrected chi connectivity index (χ1v) is 5.22. The van der Waals surface area contributed by atoms with Crippen molar-refractivity contribution in [2.75, 3.05) is 7.11 Å². The van der Waals surface area contributed by atoms with E-state index in [0.717, 1.165) is 24.3 Å². The molecule has 1 aliphatic carbocycles. The molecular formula is C11H11N3O2. The van der Waals surface area contributed by atoms with Crippen molar-refractivity contribution in [2.45, 2.75) is 18.8 Å². The fourth-order valence-corrected chi connectivity index (χ4v) is 1.77. The Morgan fingerprint density at radius 1 is 1.44 bits per heavy atom. The van der Waals surface area contributed by atoms with E-state index in [-0.39, 0.29) is 5.97 Å². The fraction of sp³-hybridized carbons (Fsp3) is 0.364. The van der Waals surface area contributed by atoms with Crippen molar-refractivity contribution in [2.24, 2.45) is 0 Å². The van der Waals surface area contributed by atoms with E-state index in [1.807, 2.05) is 4.40 Å². The van der Waals surface area contributed by atoms with Crippen molar-refractivity contribution in [3.63, 3.8) is 0 Å². The zero-order chi connectivity index (χ0) is 11.1. The minimum atomic E-state index is -0.336. The van der Waals surface area contributed by atoms with E-state index in [0.29, 0.717) is 11.5 Å². The predicted molar refractivity (Wildman–Crippen MR) is 56.3 cm³/mol. The molecule has 82 valence electrons. The summed E-state index contributed by atoms with van der Waals surface area (Å²) >= 11 is 0. The summed E-state index contributed by atoms with van der Waals surface area (Å²) < 4.78 is 6.56. The lowest BCUT2D eigenvalue weighted by Crippen LogP contribution is -2.03. The van der Waals surface area contributed by atoms with Crippen molar-refractivity contribution < 1.29 is 9.53 Å². The van der Waals surface area contributed by atoms with Crippen LogP contribution >= 0.6 is 0 Å². The van der Waals surface area contributed by atoms with Crippen LogP contribution < -0.4 is 0 Å². The molecule has 1 fully saturated rings. The smallest absolute Gasteiger partial charge is 0.339 e. The lowest BCUT2D eigenvalue weighted by molar-refractivity contribution is 0.0600. The van der Waals surface area contributed by atoms with E-state index in [4.69, 9.17) is 0 Å². The maximum Gasteiger partial charge on any atom is 0.339 e. The van der Waals surface area contributed by atoms with Crippen LogP contribution in [0, 0.1) is 0 Å². The van der Waals surface area contributed by atoms with Gasteiger partial charge in [-0.05, 0) is 25.0 Å². The largest absolute Gasteiger partial charge is 0.465 e. The standard InChI is InChI=1S/C11H11N3O2/c1-16-11(15)8-4-5-9-12-13-10(7-2-3-7)14(9)6-8/h4-7H,2-3H2,1H3. The predicted octanol–water partition coefficient (Wildman–Crippen LogP) is 1.39. The number of methoxy groups -OCH3 is 1. The Kier molecular flexibility index (Phi) is 1.92. The molecule has 0 bridgehead atoms. The Morgan fingerprint density at radius 2 is 2.25 bits per heavy atom. The summed E-state index contributed by atoms with van der Waals surface area (Å²) in [5.74, 6) is 1.11. The maximum absolute atomic E-state index is 11.4. The molecule has 5 nitrogen and oxygen atoms in total. The molecule has 3 rings (SSSR count). The number of hydrogen-bond donors (Lipinski definition) is 0. The second-order valence-corrected chi connectivity index (χ2v) is 3.97. The van der Waals surface area contributed by atoms with E-state index >= 15 is 0 Å². The summed E-state index contributed by atoms with van der Waals surface area (Å²) in [6.45, 7) is 0. The summed E-state index contributed by atoms with van der Waals surface area (Å²) in [6, 6.07) is 3.48. The van der Waals surface area contributed by atoms with E-state index in [9.17, 15) is 4.79 Å². The zero-order valence-corrected chi connectivity index (χ0v) is 8.88. The highest BCUT2D eigenvalue weighted by Gasteiger charge is 2.28. The molecule has 0 aliphatic heterocycles. The van der Waals surface area contributed by atoms with Crippen LogP contribution in [-0.4, -0.2) is 27.7 Å². The summed E-state index contributed by atoms with van der Waals surface area (Å²) in [5.41, 5.74) is 1.30. The molecule has 1 aliphatic rings. The molecule has 2 aromatic heterocycles. The number of hydrogen-bond acceptors (Lipinski definition) is 4. The van der Waals surface area contributed by atoms with Crippen molar-refractivity contribution in [3.05, 3.63) is 29.7 Å². The average Bonchev–Trinajstić information content (AvgIpc) is 3.08. The number of aromatic nitrogens is 3. The van der Waals surface area contributed by atoms with Crippen LogP contribution in [0.4, 0.5) is 0 Å². The summed E-state index contributed by atoms with van der Waals surface area (Å²) in [5, 5.41) is 8.21. The van der Waals surface area contributed by atoms with Crippen LogP contribution in [0.15, 0.2) is 18.3 Å². The van der Waals surface area contributed by atoms with Crippen molar-refractivity contribution in [1.29, 1.82) is 0 Å². The molecule has 0 saturated heterocycles. The number of carbonyl (C=O) groups is 1. The van der Waals surface area contributed by atoms with Gasteiger partial charge in [-0.2, -0.15) is 0 Å². The maximum atomic E-state index is 11.4. The van der Waals surface area contributed by atoms with Crippen molar-refractivity contribution in [1.82, 2.24) is 14.6 Å². The Hall–Kier alpha value is -1.91. The quantitative estimate of drug-likeness (QED) is 0.713. The van der Waals surface area contributed by atoms with Crippen LogP contribution in [-0.2, 0) is 4.74 Å². The van der Waals surface area contributed by atoms with Crippen LogP contribution in [0.2, 0.25) is 0 Å². The monoisotopic (exact) mass is 217 g/mol. The molecule has 0 radical (unpaired) electrons. The SMILES string of the molecule is COC(=O)c1ccc2nnc(C3CC3)n2c1. The third-order valence-corrected chi connectivity index (χ3v) is 2.79. The third-order valence-electron chi connectivity index (χ3n) is 2.79. The van der Waals surface area contributed by atoms with Crippen LogP contribution in [0.1, 0.15) is 34.9 Å². The molecule has 0 N–H and O–H groups in total. The molecule has 1 saturated carbocycles. The first-order chi connectivity index (χ1) is 7.79. The second-order valence-electron chi connectivity index (χ2n) is 3.97. The first-order valence-electron chi connectivity index (χ1n) is 5.22. The molecule has 2 aromatic rings. The van der Waals surface area contributed by atoms with Crippen LogP contribution in [0.5, 0.6) is 0 Å². The lowest BCUT2D eigenvalue weighted by atomic mass is 10.3. The van der Waals surface area contributed by atoms with Crippen molar-refractivity contribution >= 4 is 11.6 Å². The number of esters is 1. The highest BCUT2D eigenvalue weighted by molar-refractivity contribution is 5.89. The number of carbonyl (C=O) groups excluding carboxylic acids is 1. The van der Waals surface area contributed by atoms with Gasteiger partial charge in [-0.3, -0.25) is 4.40 Å². The lowest BCUT2D eigenvalue weighted by Gasteiger charge is -2.01. The number of fused-ring (bicyclic) bond motifs is 1. The average molecular weight is 217 g/mol. The Labute approximate surface area is 92.1 Å². The van der Waals surface area contributed by atoms with E-state index in [2.05, 4.69) is 14.9 Å². The molecule has 0 amide bonds. The number of ether oxygens (including phenoxy) is 1. The summed E-state index contributed by atoms with van der Waals surface area (Å²) in [4.78, 5) is 11.4. The normalized spacial score (nSPS) is 15.3. The van der Waals surface area contributed by atoms with E-state index in [1.54, 1.807) is 18.3 Å². The highest BCUT2D eigenvalue weighted by atomic mass is 16.5. The van der Waals surface area contributed by atoms with Crippen LogP contribution in [0.3, 0.4) is 0 Å². The molecule has 0 aromatic carbocycles. The van der Waals surface area contributed by atoms with Crippen LogP contribution in [0.25, 0.3) is 5.65 Å².